The van der Waals surface area contributed by atoms with Crippen molar-refractivity contribution in [1.82, 2.24) is 0 Å². The third-order valence-electron chi connectivity index (χ3n) is 2.67. The molecule has 2 aromatic carbocycles. The molecule has 122 valence electrons. The summed E-state index contributed by atoms with van der Waals surface area (Å²) in [5, 5.41) is 0. The first kappa shape index (κ1) is 16.8. The molecule has 0 saturated heterocycles. The molecule has 0 aliphatic carbocycles. The van der Waals surface area contributed by atoms with Gasteiger partial charge in [-0.05, 0) is 36.4 Å². The van der Waals surface area contributed by atoms with Gasteiger partial charge in [0.15, 0.2) is 0 Å². The molecule has 0 aliphatic heterocycles. The molecule has 7 heteroatoms. The molecule has 0 bridgehead atoms. The van der Waals surface area contributed by atoms with Crippen molar-refractivity contribution in [3.63, 3.8) is 0 Å². The van der Waals surface area contributed by atoms with Crippen molar-refractivity contribution < 1.29 is 26.9 Å². The summed E-state index contributed by atoms with van der Waals surface area (Å²) in [6.45, 7) is 0.348. The van der Waals surface area contributed by atoms with Crippen LogP contribution in [0.2, 0.25) is 0 Å². The van der Waals surface area contributed by atoms with E-state index in [4.69, 9.17) is 9.47 Å². The van der Waals surface area contributed by atoms with E-state index in [-0.39, 0.29) is 19.0 Å². The smallest absolute Gasteiger partial charge is 0.338 e. The number of carbonyl (C=O) groups is 1. The standard InChI is InChI=1S/C16H16O6S/c1-23(18,19)22-15-9-7-13(8-10-15)16(17)21-12-11-20-14-5-3-2-4-6-14/h2-10H,11-12H2,1H3. The van der Waals surface area contributed by atoms with Gasteiger partial charge in [-0.3, -0.25) is 0 Å². The summed E-state index contributed by atoms with van der Waals surface area (Å²) in [6, 6.07) is 14.8. The van der Waals surface area contributed by atoms with Crippen molar-refractivity contribution >= 4 is 16.1 Å². The van der Waals surface area contributed by atoms with Crippen LogP contribution in [0.5, 0.6) is 11.5 Å². The number of hydrogen-bond donors (Lipinski definition) is 0. The minimum Gasteiger partial charge on any atom is -0.490 e. The molecule has 0 radical (unpaired) electrons. The fourth-order valence-corrected chi connectivity index (χ4v) is 2.18. The van der Waals surface area contributed by atoms with Gasteiger partial charge >= 0.3 is 16.1 Å². The lowest BCUT2D eigenvalue weighted by Gasteiger charge is -2.08. The highest BCUT2D eigenvalue weighted by atomic mass is 32.2. The Morgan fingerprint density at radius 1 is 0.913 bits per heavy atom. The van der Waals surface area contributed by atoms with Crippen LogP contribution in [0.1, 0.15) is 10.4 Å². The van der Waals surface area contributed by atoms with Crippen LogP contribution in [-0.4, -0.2) is 33.9 Å². The largest absolute Gasteiger partial charge is 0.490 e. The van der Waals surface area contributed by atoms with Crippen LogP contribution in [0.25, 0.3) is 0 Å². The molecule has 0 N–H and O–H groups in total. The van der Waals surface area contributed by atoms with E-state index >= 15 is 0 Å². The lowest BCUT2D eigenvalue weighted by atomic mass is 10.2. The highest BCUT2D eigenvalue weighted by Gasteiger charge is 2.09. The van der Waals surface area contributed by atoms with E-state index in [1.807, 2.05) is 30.3 Å². The summed E-state index contributed by atoms with van der Waals surface area (Å²) in [7, 11) is -3.59. The van der Waals surface area contributed by atoms with Gasteiger partial charge < -0.3 is 13.7 Å². The molecule has 23 heavy (non-hydrogen) atoms. The van der Waals surface area contributed by atoms with E-state index in [2.05, 4.69) is 4.18 Å². The zero-order valence-corrected chi connectivity index (χ0v) is 13.3. The predicted octanol–water partition coefficient (Wildman–Crippen LogP) is 2.26. The molecule has 0 saturated carbocycles. The van der Waals surface area contributed by atoms with Gasteiger partial charge in [-0.2, -0.15) is 8.42 Å². The average Bonchev–Trinajstić information content (AvgIpc) is 2.51. The van der Waals surface area contributed by atoms with Gasteiger partial charge in [0.1, 0.15) is 24.7 Å². The van der Waals surface area contributed by atoms with Gasteiger partial charge in [0, 0.05) is 0 Å². The Bertz CT molecular complexity index is 738. The number of ether oxygens (including phenoxy) is 2. The SMILES string of the molecule is CS(=O)(=O)Oc1ccc(C(=O)OCCOc2ccccc2)cc1. The minimum atomic E-state index is -3.59. The van der Waals surface area contributed by atoms with Gasteiger partial charge in [-0.1, -0.05) is 18.2 Å². The zero-order valence-electron chi connectivity index (χ0n) is 12.5. The Hall–Kier alpha value is -2.54. The lowest BCUT2D eigenvalue weighted by molar-refractivity contribution is 0.0450. The molecule has 0 amide bonds. The molecule has 2 rings (SSSR count). The van der Waals surface area contributed by atoms with Crippen LogP contribution in [0.15, 0.2) is 54.6 Å². The van der Waals surface area contributed by atoms with E-state index in [1.54, 1.807) is 0 Å². The molecule has 6 nitrogen and oxygen atoms in total. The van der Waals surface area contributed by atoms with E-state index in [9.17, 15) is 13.2 Å². The van der Waals surface area contributed by atoms with Gasteiger partial charge in [0.25, 0.3) is 0 Å². The van der Waals surface area contributed by atoms with Crippen molar-refractivity contribution in [3.8, 4) is 11.5 Å². The summed E-state index contributed by atoms with van der Waals surface area (Å²) in [4.78, 5) is 11.8. The maximum atomic E-state index is 11.8. The second-order valence-corrected chi connectivity index (χ2v) is 6.18. The topological polar surface area (TPSA) is 78.9 Å². The van der Waals surface area contributed by atoms with Crippen LogP contribution in [0.3, 0.4) is 0 Å². The summed E-state index contributed by atoms with van der Waals surface area (Å²) < 4.78 is 37.1. The number of benzene rings is 2. The van der Waals surface area contributed by atoms with Crippen LogP contribution >= 0.6 is 0 Å². The number of hydrogen-bond acceptors (Lipinski definition) is 6. The maximum absolute atomic E-state index is 11.8. The van der Waals surface area contributed by atoms with Gasteiger partial charge in [0.05, 0.1) is 11.8 Å². The van der Waals surface area contributed by atoms with Crippen molar-refractivity contribution in [2.75, 3.05) is 19.5 Å². The van der Waals surface area contributed by atoms with E-state index < -0.39 is 16.1 Å². The third-order valence-corrected chi connectivity index (χ3v) is 3.16. The molecular formula is C16H16O6S. The molecule has 0 aliphatic rings. The first-order valence-corrected chi connectivity index (χ1v) is 8.60. The van der Waals surface area contributed by atoms with Gasteiger partial charge in [0.2, 0.25) is 0 Å². The maximum Gasteiger partial charge on any atom is 0.338 e. The van der Waals surface area contributed by atoms with E-state index in [1.165, 1.54) is 24.3 Å². The first-order chi connectivity index (χ1) is 10.9. The summed E-state index contributed by atoms with van der Waals surface area (Å²) in [5.74, 6) is 0.315. The fourth-order valence-electron chi connectivity index (χ4n) is 1.72. The Labute approximate surface area is 134 Å². The quantitative estimate of drug-likeness (QED) is 0.438. The summed E-state index contributed by atoms with van der Waals surface area (Å²) in [6.07, 6.45) is 0.946. The number of rotatable bonds is 7. The van der Waals surface area contributed by atoms with E-state index in [0.29, 0.717) is 11.3 Å². The second-order valence-electron chi connectivity index (χ2n) is 4.61. The summed E-state index contributed by atoms with van der Waals surface area (Å²) in [5.41, 5.74) is 0.297. The predicted molar refractivity (Wildman–Crippen MR) is 84.1 cm³/mol. The van der Waals surface area contributed by atoms with Gasteiger partial charge in [-0.15, -0.1) is 0 Å². The number of carbonyl (C=O) groups excluding carboxylic acids is 1. The van der Waals surface area contributed by atoms with Crippen LogP contribution < -0.4 is 8.92 Å². The lowest BCUT2D eigenvalue weighted by Crippen LogP contribution is -2.12. The summed E-state index contributed by atoms with van der Waals surface area (Å²) >= 11 is 0. The Balaban J connectivity index is 1.79. The van der Waals surface area contributed by atoms with Crippen molar-refractivity contribution in [2.24, 2.45) is 0 Å². The Morgan fingerprint density at radius 3 is 2.17 bits per heavy atom. The van der Waals surface area contributed by atoms with Crippen molar-refractivity contribution in [3.05, 3.63) is 60.2 Å². The van der Waals surface area contributed by atoms with Crippen LogP contribution in [0.4, 0.5) is 0 Å². The number of para-hydroxylation sites is 1. The molecular weight excluding hydrogens is 320 g/mol. The average molecular weight is 336 g/mol. The first-order valence-electron chi connectivity index (χ1n) is 6.78. The molecule has 0 atom stereocenters. The van der Waals surface area contributed by atoms with Crippen molar-refractivity contribution in [2.45, 2.75) is 0 Å². The molecule has 0 unspecified atom stereocenters. The van der Waals surface area contributed by atoms with Gasteiger partial charge in [-0.25, -0.2) is 4.79 Å². The third kappa shape index (κ3) is 5.99. The monoisotopic (exact) mass is 336 g/mol. The normalized spacial score (nSPS) is 10.8. The second kappa shape index (κ2) is 7.64. The molecule has 2 aromatic rings. The molecule has 0 fully saturated rings. The van der Waals surface area contributed by atoms with Crippen LogP contribution in [-0.2, 0) is 14.9 Å². The Morgan fingerprint density at radius 2 is 1.57 bits per heavy atom. The van der Waals surface area contributed by atoms with E-state index in [0.717, 1.165) is 6.26 Å². The Kier molecular flexibility index (Phi) is 5.59. The molecule has 0 heterocycles. The zero-order chi connectivity index (χ0) is 16.7. The molecule has 0 aromatic heterocycles. The van der Waals surface area contributed by atoms with Crippen LogP contribution in [0, 0.1) is 0 Å². The fraction of sp³-hybridized carbons (Fsp3) is 0.188. The number of esters is 1. The molecule has 0 spiro atoms. The highest BCUT2D eigenvalue weighted by molar-refractivity contribution is 7.86. The minimum absolute atomic E-state index is 0.106. The highest BCUT2D eigenvalue weighted by Crippen LogP contribution is 2.14. The van der Waals surface area contributed by atoms with Crippen molar-refractivity contribution in [1.29, 1.82) is 0 Å².